The van der Waals surface area contributed by atoms with E-state index in [0.717, 1.165) is 0 Å². The molecule has 0 aromatic heterocycles. The van der Waals surface area contributed by atoms with Crippen LogP contribution in [0.2, 0.25) is 5.02 Å². The van der Waals surface area contributed by atoms with E-state index < -0.39 is 12.0 Å². The van der Waals surface area contributed by atoms with Crippen molar-refractivity contribution in [1.29, 1.82) is 0 Å². The Bertz CT molecular complexity index is 354. The van der Waals surface area contributed by atoms with E-state index in [4.69, 9.17) is 27.2 Å². The van der Waals surface area contributed by atoms with Crippen LogP contribution in [-0.2, 0) is 4.79 Å². The number of carbonyl (C=O) groups is 1. The van der Waals surface area contributed by atoms with E-state index >= 15 is 0 Å². The van der Waals surface area contributed by atoms with Crippen LogP contribution in [-0.4, -0.2) is 18.2 Å². The number of rotatable bonds is 3. The lowest BCUT2D eigenvalue weighted by molar-refractivity contribution is -0.138. The Balaban J connectivity index is 3.15. The Labute approximate surface area is 86.2 Å². The first-order valence-corrected chi connectivity index (χ1v) is 4.26. The third-order valence-electron chi connectivity index (χ3n) is 1.81. The van der Waals surface area contributed by atoms with Gasteiger partial charge in [0.1, 0.15) is 11.8 Å². The summed E-state index contributed by atoms with van der Waals surface area (Å²) in [6.45, 7) is 0. The summed E-state index contributed by atoms with van der Waals surface area (Å²) in [7, 11) is 1.46. The van der Waals surface area contributed by atoms with E-state index in [1.54, 1.807) is 18.2 Å². The van der Waals surface area contributed by atoms with Crippen LogP contribution in [0.5, 0.6) is 5.75 Å². The van der Waals surface area contributed by atoms with Crippen molar-refractivity contribution in [3.63, 3.8) is 0 Å². The molecule has 0 fully saturated rings. The topological polar surface area (TPSA) is 72.5 Å². The molecule has 1 aromatic rings. The van der Waals surface area contributed by atoms with E-state index in [2.05, 4.69) is 0 Å². The van der Waals surface area contributed by atoms with Crippen LogP contribution in [0.3, 0.4) is 0 Å². The molecular formula is C9H10ClNO3. The number of nitrogens with two attached hydrogens (primary N) is 1. The summed E-state index contributed by atoms with van der Waals surface area (Å²) in [5.41, 5.74) is 5.77. The van der Waals surface area contributed by atoms with Gasteiger partial charge in [-0.15, -0.1) is 0 Å². The SMILES string of the molecule is COc1cccc([C@H](N)C(=O)O)c1Cl. The zero-order valence-electron chi connectivity index (χ0n) is 7.53. The van der Waals surface area contributed by atoms with Crippen molar-refractivity contribution in [1.82, 2.24) is 0 Å². The van der Waals surface area contributed by atoms with Crippen LogP contribution in [0.25, 0.3) is 0 Å². The molecule has 0 unspecified atom stereocenters. The molecule has 1 rings (SSSR count). The molecule has 1 aromatic carbocycles. The van der Waals surface area contributed by atoms with Gasteiger partial charge in [-0.05, 0) is 6.07 Å². The quantitative estimate of drug-likeness (QED) is 0.800. The molecule has 0 aliphatic carbocycles. The van der Waals surface area contributed by atoms with Gasteiger partial charge >= 0.3 is 5.97 Å². The maximum absolute atomic E-state index is 10.6. The highest BCUT2D eigenvalue weighted by molar-refractivity contribution is 6.33. The molecule has 4 nitrogen and oxygen atoms in total. The van der Waals surface area contributed by atoms with Crippen LogP contribution in [0.4, 0.5) is 0 Å². The molecule has 76 valence electrons. The highest BCUT2D eigenvalue weighted by atomic mass is 35.5. The van der Waals surface area contributed by atoms with Crippen LogP contribution >= 0.6 is 11.6 Å². The molecule has 5 heteroatoms. The molecule has 0 saturated heterocycles. The number of hydrogen-bond donors (Lipinski definition) is 2. The molecular weight excluding hydrogens is 206 g/mol. The van der Waals surface area contributed by atoms with Crippen molar-refractivity contribution in [3.05, 3.63) is 28.8 Å². The van der Waals surface area contributed by atoms with E-state index in [-0.39, 0.29) is 5.02 Å². The van der Waals surface area contributed by atoms with Gasteiger partial charge < -0.3 is 15.6 Å². The molecule has 0 amide bonds. The van der Waals surface area contributed by atoms with Crippen LogP contribution in [0.15, 0.2) is 18.2 Å². The van der Waals surface area contributed by atoms with Gasteiger partial charge in [-0.25, -0.2) is 0 Å². The summed E-state index contributed by atoms with van der Waals surface area (Å²) < 4.78 is 4.94. The fraction of sp³-hybridized carbons (Fsp3) is 0.222. The molecule has 14 heavy (non-hydrogen) atoms. The summed E-state index contributed by atoms with van der Waals surface area (Å²) in [6, 6.07) is 3.71. The molecule has 0 aliphatic heterocycles. The van der Waals surface area contributed by atoms with E-state index in [1.165, 1.54) is 7.11 Å². The summed E-state index contributed by atoms with van der Waals surface area (Å²) in [4.78, 5) is 10.6. The second-order valence-electron chi connectivity index (χ2n) is 2.68. The van der Waals surface area contributed by atoms with Crippen molar-refractivity contribution >= 4 is 17.6 Å². The van der Waals surface area contributed by atoms with Gasteiger partial charge in [-0.3, -0.25) is 4.79 Å². The third-order valence-corrected chi connectivity index (χ3v) is 2.22. The number of carboxylic acids is 1. The molecule has 0 aliphatic rings. The Kier molecular flexibility index (Phi) is 3.33. The Hall–Kier alpha value is -1.26. The fourth-order valence-corrected chi connectivity index (χ4v) is 1.38. The second-order valence-corrected chi connectivity index (χ2v) is 3.06. The highest BCUT2D eigenvalue weighted by Crippen LogP contribution is 2.30. The zero-order valence-corrected chi connectivity index (χ0v) is 8.28. The normalized spacial score (nSPS) is 12.2. The Morgan fingerprint density at radius 2 is 2.29 bits per heavy atom. The largest absolute Gasteiger partial charge is 0.495 e. The fourth-order valence-electron chi connectivity index (χ4n) is 1.06. The third kappa shape index (κ3) is 1.97. The van der Waals surface area contributed by atoms with Crippen molar-refractivity contribution in [3.8, 4) is 5.75 Å². The van der Waals surface area contributed by atoms with Gasteiger partial charge in [0.15, 0.2) is 0 Å². The zero-order chi connectivity index (χ0) is 10.7. The van der Waals surface area contributed by atoms with Gasteiger partial charge in [0, 0.05) is 5.56 Å². The molecule has 0 radical (unpaired) electrons. The number of methoxy groups -OCH3 is 1. The van der Waals surface area contributed by atoms with Crippen molar-refractivity contribution in [2.45, 2.75) is 6.04 Å². The van der Waals surface area contributed by atoms with Gasteiger partial charge in [-0.2, -0.15) is 0 Å². The predicted octanol–water partition coefficient (Wildman–Crippen LogP) is 1.43. The summed E-state index contributed by atoms with van der Waals surface area (Å²) in [5, 5.41) is 8.94. The summed E-state index contributed by atoms with van der Waals surface area (Å²) in [5.74, 6) is -0.707. The van der Waals surface area contributed by atoms with E-state index in [1.807, 2.05) is 0 Å². The van der Waals surface area contributed by atoms with Crippen molar-refractivity contribution < 1.29 is 14.6 Å². The smallest absolute Gasteiger partial charge is 0.325 e. The average molecular weight is 216 g/mol. The lowest BCUT2D eigenvalue weighted by Crippen LogP contribution is -2.21. The van der Waals surface area contributed by atoms with E-state index in [0.29, 0.717) is 11.3 Å². The lowest BCUT2D eigenvalue weighted by atomic mass is 10.1. The van der Waals surface area contributed by atoms with Gasteiger partial charge in [-0.1, -0.05) is 23.7 Å². The highest BCUT2D eigenvalue weighted by Gasteiger charge is 2.19. The first kappa shape index (κ1) is 10.8. The number of carboxylic acid groups (broad SMARTS) is 1. The average Bonchev–Trinajstić information content (AvgIpc) is 2.17. The van der Waals surface area contributed by atoms with Gasteiger partial charge in [0.2, 0.25) is 0 Å². The standard InChI is InChI=1S/C9H10ClNO3/c1-14-6-4-2-3-5(7(6)10)8(11)9(12)13/h2-4,8H,11H2,1H3,(H,12,13)/t8-/m0/s1. The predicted molar refractivity (Wildman–Crippen MR) is 52.6 cm³/mol. The maximum Gasteiger partial charge on any atom is 0.325 e. The van der Waals surface area contributed by atoms with Crippen molar-refractivity contribution in [2.75, 3.05) is 7.11 Å². The minimum atomic E-state index is -1.13. The van der Waals surface area contributed by atoms with Crippen LogP contribution in [0.1, 0.15) is 11.6 Å². The van der Waals surface area contributed by atoms with E-state index in [9.17, 15) is 4.79 Å². The maximum atomic E-state index is 10.6. The molecule has 0 heterocycles. The molecule has 3 N–H and O–H groups in total. The Morgan fingerprint density at radius 3 is 2.79 bits per heavy atom. The molecule has 0 spiro atoms. The lowest BCUT2D eigenvalue weighted by Gasteiger charge is -2.11. The van der Waals surface area contributed by atoms with Crippen molar-refractivity contribution in [2.24, 2.45) is 5.73 Å². The number of benzene rings is 1. The van der Waals surface area contributed by atoms with Crippen LogP contribution < -0.4 is 10.5 Å². The number of halogens is 1. The number of aliphatic carboxylic acids is 1. The number of hydrogen-bond acceptors (Lipinski definition) is 3. The minimum absolute atomic E-state index is 0.241. The molecule has 0 bridgehead atoms. The second kappa shape index (κ2) is 4.30. The number of ether oxygens (including phenoxy) is 1. The summed E-state index contributed by atoms with van der Waals surface area (Å²) in [6.07, 6.45) is 0. The monoisotopic (exact) mass is 215 g/mol. The van der Waals surface area contributed by atoms with Gasteiger partial charge in [0.05, 0.1) is 12.1 Å². The Morgan fingerprint density at radius 1 is 1.64 bits per heavy atom. The first-order valence-electron chi connectivity index (χ1n) is 3.88. The van der Waals surface area contributed by atoms with Crippen LogP contribution in [0, 0.1) is 0 Å². The van der Waals surface area contributed by atoms with Gasteiger partial charge in [0.25, 0.3) is 0 Å². The molecule has 0 saturated carbocycles. The molecule has 1 atom stereocenters. The minimum Gasteiger partial charge on any atom is -0.495 e. The first-order chi connectivity index (χ1) is 6.57. The summed E-state index contributed by atoms with van der Waals surface area (Å²) >= 11 is 5.88.